The molecule has 0 heterocycles. The Labute approximate surface area is 63.6 Å². The lowest BCUT2D eigenvalue weighted by molar-refractivity contribution is 0.739. The van der Waals surface area contributed by atoms with Crippen molar-refractivity contribution in [2.45, 2.75) is 33.1 Å². The van der Waals surface area contributed by atoms with Gasteiger partial charge in [0.25, 0.3) is 0 Å². The van der Waals surface area contributed by atoms with Crippen molar-refractivity contribution in [1.29, 1.82) is 0 Å². The molecular weight excluding hydrogens is 120 g/mol. The number of hydrogen-bond donors (Lipinski definition) is 0. The second-order valence-electron chi connectivity index (χ2n) is 3.07. The van der Waals surface area contributed by atoms with Gasteiger partial charge in [0.1, 0.15) is 0 Å². The zero-order valence-electron chi connectivity index (χ0n) is 6.93. The summed E-state index contributed by atoms with van der Waals surface area (Å²) in [5.74, 6) is 0.758. The highest BCUT2D eigenvalue weighted by Crippen LogP contribution is 2.18. The van der Waals surface area contributed by atoms with Crippen molar-refractivity contribution in [3.05, 3.63) is 23.8 Å². The standard InChI is InChI=1S/C10H16/c1-3-10-7-5-4-6-9(2)8-10/h4-5,8-9H,3,6-7H2,1-2H3. The maximum Gasteiger partial charge on any atom is -0.0139 e. The van der Waals surface area contributed by atoms with E-state index < -0.39 is 0 Å². The zero-order chi connectivity index (χ0) is 7.40. The summed E-state index contributed by atoms with van der Waals surface area (Å²) >= 11 is 0. The average molecular weight is 136 g/mol. The fourth-order valence-electron chi connectivity index (χ4n) is 1.35. The second-order valence-corrected chi connectivity index (χ2v) is 3.07. The van der Waals surface area contributed by atoms with Crippen LogP contribution in [0.2, 0.25) is 0 Å². The van der Waals surface area contributed by atoms with Gasteiger partial charge in [0.15, 0.2) is 0 Å². The fourth-order valence-corrected chi connectivity index (χ4v) is 1.35. The van der Waals surface area contributed by atoms with E-state index in [1.807, 2.05) is 0 Å². The summed E-state index contributed by atoms with van der Waals surface area (Å²) in [6.07, 6.45) is 10.6. The Morgan fingerprint density at radius 2 is 2.30 bits per heavy atom. The van der Waals surface area contributed by atoms with Gasteiger partial charge in [0.05, 0.1) is 0 Å². The predicted molar refractivity (Wildman–Crippen MR) is 45.9 cm³/mol. The minimum absolute atomic E-state index is 0.758. The third-order valence-corrected chi connectivity index (χ3v) is 2.03. The predicted octanol–water partition coefficient (Wildman–Crippen LogP) is 3.31. The van der Waals surface area contributed by atoms with E-state index in [-0.39, 0.29) is 0 Å². The monoisotopic (exact) mass is 136 g/mol. The van der Waals surface area contributed by atoms with Crippen LogP contribution >= 0.6 is 0 Å². The molecule has 10 heavy (non-hydrogen) atoms. The minimum Gasteiger partial charge on any atom is -0.0876 e. The molecule has 0 heteroatoms. The molecule has 0 spiro atoms. The summed E-state index contributed by atoms with van der Waals surface area (Å²) in [5.41, 5.74) is 1.60. The molecule has 0 saturated heterocycles. The lowest BCUT2D eigenvalue weighted by Crippen LogP contribution is -1.86. The topological polar surface area (TPSA) is 0 Å². The van der Waals surface area contributed by atoms with Crippen LogP contribution in [0.3, 0.4) is 0 Å². The highest BCUT2D eigenvalue weighted by Gasteiger charge is 2.00. The lowest BCUT2D eigenvalue weighted by Gasteiger charge is -2.01. The Hall–Kier alpha value is -0.520. The highest BCUT2D eigenvalue weighted by molar-refractivity contribution is 5.12. The van der Waals surface area contributed by atoms with E-state index in [1.165, 1.54) is 19.3 Å². The van der Waals surface area contributed by atoms with Crippen molar-refractivity contribution < 1.29 is 0 Å². The van der Waals surface area contributed by atoms with Crippen molar-refractivity contribution >= 4 is 0 Å². The second kappa shape index (κ2) is 3.60. The first-order chi connectivity index (χ1) is 4.83. The molecule has 0 fully saturated rings. The van der Waals surface area contributed by atoms with Crippen LogP contribution in [0.15, 0.2) is 23.8 Å². The van der Waals surface area contributed by atoms with E-state index in [1.54, 1.807) is 5.57 Å². The maximum absolute atomic E-state index is 2.42. The molecule has 0 amide bonds. The molecular formula is C10H16. The number of rotatable bonds is 1. The molecule has 0 aliphatic heterocycles. The fraction of sp³-hybridized carbons (Fsp3) is 0.600. The van der Waals surface area contributed by atoms with Crippen LogP contribution in [0.5, 0.6) is 0 Å². The van der Waals surface area contributed by atoms with Gasteiger partial charge in [-0.25, -0.2) is 0 Å². The summed E-state index contributed by atoms with van der Waals surface area (Å²) in [6.45, 7) is 4.52. The molecule has 1 atom stereocenters. The van der Waals surface area contributed by atoms with E-state index in [2.05, 4.69) is 32.1 Å². The quantitative estimate of drug-likeness (QED) is 0.485. The normalized spacial score (nSPS) is 25.8. The molecule has 0 saturated carbocycles. The van der Waals surface area contributed by atoms with Crippen LogP contribution in [0, 0.1) is 5.92 Å². The third-order valence-electron chi connectivity index (χ3n) is 2.03. The maximum atomic E-state index is 2.42. The van der Waals surface area contributed by atoms with Gasteiger partial charge in [0.2, 0.25) is 0 Å². The molecule has 1 aliphatic rings. The molecule has 1 unspecified atom stereocenters. The van der Waals surface area contributed by atoms with Crippen LogP contribution < -0.4 is 0 Å². The summed E-state index contributed by atoms with van der Waals surface area (Å²) in [6, 6.07) is 0. The van der Waals surface area contributed by atoms with Gasteiger partial charge in [-0.05, 0) is 25.2 Å². The van der Waals surface area contributed by atoms with E-state index in [9.17, 15) is 0 Å². The van der Waals surface area contributed by atoms with Gasteiger partial charge >= 0.3 is 0 Å². The Bertz CT molecular complexity index is 151. The molecule has 1 rings (SSSR count). The minimum atomic E-state index is 0.758. The Morgan fingerprint density at radius 3 is 3.00 bits per heavy atom. The molecule has 0 radical (unpaired) electrons. The zero-order valence-corrected chi connectivity index (χ0v) is 6.93. The van der Waals surface area contributed by atoms with E-state index in [0.717, 1.165) is 5.92 Å². The van der Waals surface area contributed by atoms with Crippen LogP contribution in [0.4, 0.5) is 0 Å². The molecule has 0 nitrogen and oxygen atoms in total. The molecule has 1 aliphatic carbocycles. The van der Waals surface area contributed by atoms with Gasteiger partial charge in [-0.15, -0.1) is 0 Å². The molecule has 0 aromatic rings. The smallest absolute Gasteiger partial charge is 0.0139 e. The molecule has 0 aromatic carbocycles. The first kappa shape index (κ1) is 7.59. The van der Waals surface area contributed by atoms with Crippen molar-refractivity contribution in [2.24, 2.45) is 5.92 Å². The highest BCUT2D eigenvalue weighted by atomic mass is 14.1. The van der Waals surface area contributed by atoms with Crippen LogP contribution in [-0.2, 0) is 0 Å². The summed E-state index contributed by atoms with van der Waals surface area (Å²) in [7, 11) is 0. The molecule has 0 bridgehead atoms. The summed E-state index contributed by atoms with van der Waals surface area (Å²) in [5, 5.41) is 0. The molecule has 0 N–H and O–H groups in total. The first-order valence-corrected chi connectivity index (χ1v) is 4.17. The molecule has 0 aromatic heterocycles. The number of allylic oxidation sites excluding steroid dienone is 4. The summed E-state index contributed by atoms with van der Waals surface area (Å²) < 4.78 is 0. The largest absolute Gasteiger partial charge is 0.0876 e. The van der Waals surface area contributed by atoms with Gasteiger partial charge < -0.3 is 0 Å². The van der Waals surface area contributed by atoms with E-state index in [0.29, 0.717) is 0 Å². The van der Waals surface area contributed by atoms with Gasteiger partial charge in [-0.2, -0.15) is 0 Å². The van der Waals surface area contributed by atoms with E-state index in [4.69, 9.17) is 0 Å². The van der Waals surface area contributed by atoms with Crippen LogP contribution in [0.25, 0.3) is 0 Å². The Morgan fingerprint density at radius 1 is 1.50 bits per heavy atom. The molecule has 56 valence electrons. The summed E-state index contributed by atoms with van der Waals surface area (Å²) in [4.78, 5) is 0. The van der Waals surface area contributed by atoms with E-state index >= 15 is 0 Å². The van der Waals surface area contributed by atoms with Crippen molar-refractivity contribution in [3.8, 4) is 0 Å². The average Bonchev–Trinajstić information content (AvgIpc) is 2.13. The first-order valence-electron chi connectivity index (χ1n) is 4.17. The third kappa shape index (κ3) is 2.02. The van der Waals surface area contributed by atoms with Crippen molar-refractivity contribution in [3.63, 3.8) is 0 Å². The Kier molecular flexibility index (Phi) is 2.73. The van der Waals surface area contributed by atoms with Crippen molar-refractivity contribution in [2.75, 3.05) is 0 Å². The Balaban J connectivity index is 2.61. The van der Waals surface area contributed by atoms with Gasteiger partial charge in [-0.3, -0.25) is 0 Å². The lowest BCUT2D eigenvalue weighted by atomic mass is 10.0. The van der Waals surface area contributed by atoms with Crippen LogP contribution in [0.1, 0.15) is 33.1 Å². The SMILES string of the molecule is CCC1=CC(C)CC=CC1. The van der Waals surface area contributed by atoms with Gasteiger partial charge in [0, 0.05) is 0 Å². The number of hydrogen-bond acceptors (Lipinski definition) is 0. The van der Waals surface area contributed by atoms with Crippen LogP contribution in [-0.4, -0.2) is 0 Å². The van der Waals surface area contributed by atoms with Gasteiger partial charge in [-0.1, -0.05) is 37.6 Å². The van der Waals surface area contributed by atoms with Crippen molar-refractivity contribution in [1.82, 2.24) is 0 Å².